The molecule has 0 radical (unpaired) electrons. The molecule has 0 bridgehead atoms. The summed E-state index contributed by atoms with van der Waals surface area (Å²) in [6, 6.07) is 19.7. The van der Waals surface area contributed by atoms with Crippen LogP contribution in [0.1, 0.15) is 59.3 Å². The zero-order valence-electron chi connectivity index (χ0n) is 18.8. The zero-order valence-corrected chi connectivity index (χ0v) is 18.8. The minimum absolute atomic E-state index is 0.248. The van der Waals surface area contributed by atoms with Crippen LogP contribution in [0.5, 0.6) is 0 Å². The molecule has 6 heteroatoms. The SMILES string of the molecule is CCCCCc1nc(Cc2ccccc2)nn1Cc1ccc(-c2cnccc2C(=O)O)cc1. The number of aromatic nitrogens is 4. The van der Waals surface area contributed by atoms with Crippen molar-refractivity contribution in [3.63, 3.8) is 0 Å². The number of hydrogen-bond acceptors (Lipinski definition) is 4. The lowest BCUT2D eigenvalue weighted by atomic mass is 10.0. The van der Waals surface area contributed by atoms with E-state index in [4.69, 9.17) is 10.1 Å². The Morgan fingerprint density at radius 2 is 1.76 bits per heavy atom. The van der Waals surface area contributed by atoms with Gasteiger partial charge in [-0.1, -0.05) is 74.4 Å². The number of carbonyl (C=O) groups is 1. The van der Waals surface area contributed by atoms with Gasteiger partial charge in [-0.15, -0.1) is 0 Å². The number of carboxylic acid groups (broad SMARTS) is 1. The van der Waals surface area contributed by atoms with Gasteiger partial charge >= 0.3 is 5.97 Å². The lowest BCUT2D eigenvalue weighted by Crippen LogP contribution is -2.07. The molecule has 2 aromatic heterocycles. The molecular weight excluding hydrogens is 412 g/mol. The fourth-order valence-electron chi connectivity index (χ4n) is 3.90. The Bertz CT molecular complexity index is 1200. The monoisotopic (exact) mass is 440 g/mol. The Balaban J connectivity index is 1.55. The summed E-state index contributed by atoms with van der Waals surface area (Å²) < 4.78 is 2.01. The third-order valence-corrected chi connectivity index (χ3v) is 5.65. The molecule has 2 aromatic carbocycles. The first-order chi connectivity index (χ1) is 16.1. The van der Waals surface area contributed by atoms with Gasteiger partial charge in [-0.2, -0.15) is 5.10 Å². The van der Waals surface area contributed by atoms with Gasteiger partial charge in [-0.05, 0) is 29.2 Å². The van der Waals surface area contributed by atoms with Crippen LogP contribution in [0.25, 0.3) is 11.1 Å². The van der Waals surface area contributed by atoms with Gasteiger partial charge in [0, 0.05) is 30.8 Å². The average molecular weight is 441 g/mol. The molecule has 0 atom stereocenters. The third kappa shape index (κ3) is 5.71. The normalized spacial score (nSPS) is 10.9. The molecule has 33 heavy (non-hydrogen) atoms. The Hall–Kier alpha value is -3.80. The third-order valence-electron chi connectivity index (χ3n) is 5.65. The molecule has 0 spiro atoms. The van der Waals surface area contributed by atoms with Crippen LogP contribution in [-0.4, -0.2) is 30.8 Å². The van der Waals surface area contributed by atoms with Crippen molar-refractivity contribution in [3.8, 4) is 11.1 Å². The minimum Gasteiger partial charge on any atom is -0.478 e. The van der Waals surface area contributed by atoms with E-state index in [1.165, 1.54) is 30.7 Å². The molecule has 4 rings (SSSR count). The van der Waals surface area contributed by atoms with Gasteiger partial charge in [-0.3, -0.25) is 4.98 Å². The number of unbranched alkanes of at least 4 members (excludes halogenated alkanes) is 2. The summed E-state index contributed by atoms with van der Waals surface area (Å²) >= 11 is 0. The molecule has 1 N–H and O–H groups in total. The summed E-state index contributed by atoms with van der Waals surface area (Å²) in [6.45, 7) is 2.83. The van der Waals surface area contributed by atoms with E-state index in [1.807, 2.05) is 47.1 Å². The van der Waals surface area contributed by atoms with Gasteiger partial charge in [-0.25, -0.2) is 14.5 Å². The largest absolute Gasteiger partial charge is 0.478 e. The molecule has 4 aromatic rings. The first-order valence-electron chi connectivity index (χ1n) is 11.4. The van der Waals surface area contributed by atoms with Crippen molar-refractivity contribution in [1.82, 2.24) is 19.7 Å². The predicted octanol–water partition coefficient (Wildman–Crippen LogP) is 5.41. The van der Waals surface area contributed by atoms with Gasteiger partial charge < -0.3 is 5.11 Å². The molecule has 0 fully saturated rings. The van der Waals surface area contributed by atoms with Crippen LogP contribution in [0, 0.1) is 0 Å². The molecule has 0 unspecified atom stereocenters. The van der Waals surface area contributed by atoms with Crippen LogP contribution in [0.2, 0.25) is 0 Å². The maximum Gasteiger partial charge on any atom is 0.336 e. The average Bonchev–Trinajstić information content (AvgIpc) is 3.21. The number of pyridine rings is 1. The van der Waals surface area contributed by atoms with Crippen LogP contribution in [0.3, 0.4) is 0 Å². The van der Waals surface area contributed by atoms with E-state index in [2.05, 4.69) is 24.0 Å². The number of benzene rings is 2. The second-order valence-electron chi connectivity index (χ2n) is 8.14. The molecule has 0 saturated heterocycles. The fourth-order valence-corrected chi connectivity index (χ4v) is 3.90. The van der Waals surface area contributed by atoms with Crippen LogP contribution < -0.4 is 0 Å². The van der Waals surface area contributed by atoms with Gasteiger partial charge in [0.2, 0.25) is 0 Å². The first kappa shape index (κ1) is 22.4. The van der Waals surface area contributed by atoms with Crippen molar-refractivity contribution in [2.45, 2.75) is 45.6 Å². The fraction of sp³-hybridized carbons (Fsp3) is 0.259. The highest BCUT2D eigenvalue weighted by Crippen LogP contribution is 2.23. The maximum absolute atomic E-state index is 11.5. The topological polar surface area (TPSA) is 80.9 Å². The van der Waals surface area contributed by atoms with Crippen molar-refractivity contribution in [2.24, 2.45) is 0 Å². The van der Waals surface area contributed by atoms with Gasteiger partial charge in [0.1, 0.15) is 5.82 Å². The van der Waals surface area contributed by atoms with Crippen molar-refractivity contribution >= 4 is 5.97 Å². The number of carboxylic acids is 1. The molecule has 2 heterocycles. The van der Waals surface area contributed by atoms with E-state index in [0.29, 0.717) is 18.5 Å². The Labute approximate surface area is 194 Å². The molecule has 0 aliphatic heterocycles. The van der Waals surface area contributed by atoms with E-state index in [0.717, 1.165) is 35.6 Å². The standard InChI is InChI=1S/C27H28N4O2/c1-2-3-5-10-26-29-25(17-20-8-6-4-7-9-20)30-31(26)19-21-11-13-22(14-12-21)24-18-28-16-15-23(24)27(32)33/h4,6-9,11-16,18H,2-3,5,10,17,19H2,1H3,(H,32,33). The number of aromatic carboxylic acids is 1. The Morgan fingerprint density at radius 3 is 2.48 bits per heavy atom. The second kappa shape index (κ2) is 10.7. The smallest absolute Gasteiger partial charge is 0.336 e. The molecule has 0 amide bonds. The molecule has 168 valence electrons. The summed E-state index contributed by atoms with van der Waals surface area (Å²) in [5.74, 6) is 0.895. The van der Waals surface area contributed by atoms with Crippen molar-refractivity contribution in [2.75, 3.05) is 0 Å². The van der Waals surface area contributed by atoms with Gasteiger partial charge in [0.05, 0.1) is 12.1 Å². The van der Waals surface area contributed by atoms with Gasteiger partial charge in [0.15, 0.2) is 5.82 Å². The van der Waals surface area contributed by atoms with Crippen molar-refractivity contribution in [1.29, 1.82) is 0 Å². The highest BCUT2D eigenvalue weighted by molar-refractivity contribution is 5.95. The number of nitrogens with zero attached hydrogens (tertiary/aromatic N) is 4. The lowest BCUT2D eigenvalue weighted by Gasteiger charge is -2.09. The number of aryl methyl sites for hydroxylation is 1. The predicted molar refractivity (Wildman–Crippen MR) is 128 cm³/mol. The van der Waals surface area contributed by atoms with Crippen LogP contribution >= 0.6 is 0 Å². The molecule has 6 nitrogen and oxygen atoms in total. The highest BCUT2D eigenvalue weighted by Gasteiger charge is 2.13. The molecule has 0 aliphatic carbocycles. The zero-order chi connectivity index (χ0) is 23.0. The molecular formula is C27H28N4O2. The number of rotatable bonds is 10. The van der Waals surface area contributed by atoms with E-state index >= 15 is 0 Å². The summed E-state index contributed by atoms with van der Waals surface area (Å²) in [6.07, 6.45) is 8.15. The molecule has 0 aliphatic rings. The van der Waals surface area contributed by atoms with E-state index in [1.54, 1.807) is 6.20 Å². The van der Waals surface area contributed by atoms with Crippen LogP contribution in [0.4, 0.5) is 0 Å². The van der Waals surface area contributed by atoms with Crippen molar-refractivity contribution in [3.05, 3.63) is 101 Å². The van der Waals surface area contributed by atoms with Crippen LogP contribution in [0.15, 0.2) is 73.1 Å². The lowest BCUT2D eigenvalue weighted by molar-refractivity contribution is 0.0697. The summed E-state index contributed by atoms with van der Waals surface area (Å²) in [5.41, 5.74) is 3.98. The van der Waals surface area contributed by atoms with E-state index < -0.39 is 5.97 Å². The Kier molecular flexibility index (Phi) is 7.25. The summed E-state index contributed by atoms with van der Waals surface area (Å²) in [4.78, 5) is 20.5. The minimum atomic E-state index is -0.957. The first-order valence-corrected chi connectivity index (χ1v) is 11.4. The Morgan fingerprint density at radius 1 is 0.970 bits per heavy atom. The summed E-state index contributed by atoms with van der Waals surface area (Å²) in [5, 5.41) is 14.3. The molecule has 0 saturated carbocycles. The van der Waals surface area contributed by atoms with Crippen molar-refractivity contribution < 1.29 is 9.90 Å². The van der Waals surface area contributed by atoms with Crippen LogP contribution in [-0.2, 0) is 19.4 Å². The van der Waals surface area contributed by atoms with E-state index in [9.17, 15) is 9.90 Å². The maximum atomic E-state index is 11.5. The van der Waals surface area contributed by atoms with Gasteiger partial charge in [0.25, 0.3) is 0 Å². The number of hydrogen-bond donors (Lipinski definition) is 1. The highest BCUT2D eigenvalue weighted by atomic mass is 16.4. The van der Waals surface area contributed by atoms with E-state index in [-0.39, 0.29) is 5.56 Å². The summed E-state index contributed by atoms with van der Waals surface area (Å²) in [7, 11) is 0. The quantitative estimate of drug-likeness (QED) is 0.334. The second-order valence-corrected chi connectivity index (χ2v) is 8.14.